The number of anilines is 2. The number of piperazine rings is 1. The molecular formula is C24H24N10O2. The number of nitrogens with zero attached hydrogens (tertiary/aromatic N) is 9. The highest BCUT2D eigenvalue weighted by atomic mass is 16.3. The van der Waals surface area contributed by atoms with Crippen molar-refractivity contribution in [3.05, 3.63) is 60.6 Å². The number of fused-ring (bicyclic) bond motifs is 2. The van der Waals surface area contributed by atoms with Gasteiger partial charge in [0.15, 0.2) is 17.0 Å². The number of amides is 1. The first-order valence-corrected chi connectivity index (χ1v) is 11.7. The summed E-state index contributed by atoms with van der Waals surface area (Å²) in [7, 11) is 0. The Balaban J connectivity index is 1.10. The second-order valence-electron chi connectivity index (χ2n) is 8.53. The Morgan fingerprint density at radius 2 is 1.86 bits per heavy atom. The summed E-state index contributed by atoms with van der Waals surface area (Å²) in [6.07, 6.45) is 6.86. The van der Waals surface area contributed by atoms with Crippen LogP contribution in [0.2, 0.25) is 0 Å². The minimum Gasteiger partial charge on any atom is -0.449 e. The topological polar surface area (TPSA) is 131 Å². The molecule has 0 aromatic carbocycles. The zero-order valence-corrected chi connectivity index (χ0v) is 19.7. The predicted molar refractivity (Wildman–Crippen MR) is 133 cm³/mol. The molecule has 6 heterocycles. The fraction of sp³-hybridized carbons (Fsp3) is 0.292. The van der Waals surface area contributed by atoms with Gasteiger partial charge in [-0.25, -0.2) is 29.6 Å². The van der Waals surface area contributed by atoms with Gasteiger partial charge >= 0.3 is 0 Å². The molecule has 0 saturated carbocycles. The van der Waals surface area contributed by atoms with Crippen molar-refractivity contribution in [1.29, 1.82) is 0 Å². The van der Waals surface area contributed by atoms with Crippen LogP contribution < -0.4 is 15.1 Å². The highest BCUT2D eigenvalue weighted by Crippen LogP contribution is 2.24. The number of pyridine rings is 1. The number of carbonyl (C=O) groups excluding carboxylic acids is 1. The van der Waals surface area contributed by atoms with Gasteiger partial charge in [0.25, 0.3) is 5.91 Å². The van der Waals surface area contributed by atoms with Gasteiger partial charge in [-0.3, -0.25) is 4.79 Å². The minimum absolute atomic E-state index is 0.234. The fourth-order valence-corrected chi connectivity index (χ4v) is 4.37. The van der Waals surface area contributed by atoms with Crippen molar-refractivity contribution in [1.82, 2.24) is 40.0 Å². The first-order valence-electron chi connectivity index (χ1n) is 11.7. The largest absolute Gasteiger partial charge is 0.449 e. The van der Waals surface area contributed by atoms with Gasteiger partial charge < -0.3 is 19.5 Å². The molecule has 1 saturated heterocycles. The van der Waals surface area contributed by atoms with Crippen LogP contribution in [-0.4, -0.2) is 73.3 Å². The summed E-state index contributed by atoms with van der Waals surface area (Å²) in [5.41, 5.74) is 2.85. The second-order valence-corrected chi connectivity index (χ2v) is 8.53. The van der Waals surface area contributed by atoms with Gasteiger partial charge in [0, 0.05) is 56.9 Å². The van der Waals surface area contributed by atoms with Gasteiger partial charge in [-0.2, -0.15) is 5.10 Å². The molecule has 0 radical (unpaired) electrons. The van der Waals surface area contributed by atoms with E-state index in [-0.39, 0.29) is 11.7 Å². The van der Waals surface area contributed by atoms with Crippen molar-refractivity contribution in [2.75, 3.05) is 42.5 Å². The fourth-order valence-electron chi connectivity index (χ4n) is 4.37. The van der Waals surface area contributed by atoms with E-state index in [0.717, 1.165) is 54.7 Å². The lowest BCUT2D eigenvalue weighted by molar-refractivity contribution is 0.0926. The Labute approximate surface area is 206 Å². The van der Waals surface area contributed by atoms with Gasteiger partial charge in [0.1, 0.15) is 17.7 Å². The van der Waals surface area contributed by atoms with Gasteiger partial charge in [-0.1, -0.05) is 0 Å². The van der Waals surface area contributed by atoms with E-state index >= 15 is 0 Å². The Morgan fingerprint density at radius 1 is 1.06 bits per heavy atom. The van der Waals surface area contributed by atoms with Gasteiger partial charge in [-0.05, 0) is 25.1 Å². The van der Waals surface area contributed by atoms with E-state index in [1.165, 1.54) is 0 Å². The summed E-state index contributed by atoms with van der Waals surface area (Å²) >= 11 is 0. The van der Waals surface area contributed by atoms with Crippen LogP contribution in [0.15, 0.2) is 53.6 Å². The first-order chi connectivity index (χ1) is 17.7. The average Bonchev–Trinajstić information content (AvgIpc) is 3.53. The predicted octanol–water partition coefficient (Wildman–Crippen LogP) is 1.82. The van der Waals surface area contributed by atoms with Crippen LogP contribution in [-0.2, 0) is 6.54 Å². The number of rotatable bonds is 6. The van der Waals surface area contributed by atoms with E-state index in [1.807, 2.05) is 25.1 Å². The van der Waals surface area contributed by atoms with Crippen LogP contribution in [0.1, 0.15) is 16.2 Å². The van der Waals surface area contributed by atoms with Crippen LogP contribution in [0.3, 0.4) is 0 Å². The van der Waals surface area contributed by atoms with Crippen molar-refractivity contribution in [2.45, 2.75) is 13.5 Å². The number of nitrogens with one attached hydrogen (secondary N) is 1. The van der Waals surface area contributed by atoms with Crippen molar-refractivity contribution >= 4 is 39.8 Å². The maximum atomic E-state index is 12.6. The van der Waals surface area contributed by atoms with E-state index in [1.54, 1.807) is 35.7 Å². The molecule has 182 valence electrons. The van der Waals surface area contributed by atoms with Crippen molar-refractivity contribution in [3.8, 4) is 0 Å². The molecule has 6 rings (SSSR count). The average molecular weight is 485 g/mol. The quantitative estimate of drug-likeness (QED) is 0.381. The SMILES string of the molecule is Cc1ccc2oc(C(=O)NCCn3ncc4c(N5CCN(c6ncccn6)CC5)ncnc43)cc2n1. The Morgan fingerprint density at radius 3 is 2.69 bits per heavy atom. The summed E-state index contributed by atoms with van der Waals surface area (Å²) in [5.74, 6) is 1.54. The molecule has 1 amide bonds. The molecule has 0 bridgehead atoms. The number of hydrogen-bond acceptors (Lipinski definition) is 10. The summed E-state index contributed by atoms with van der Waals surface area (Å²) < 4.78 is 7.40. The number of carbonyl (C=O) groups is 1. The molecule has 5 aromatic rings. The molecule has 1 N–H and O–H groups in total. The lowest BCUT2D eigenvalue weighted by atomic mass is 10.3. The van der Waals surface area contributed by atoms with Gasteiger partial charge in [0.05, 0.1) is 18.1 Å². The standard InChI is InChI=1S/C24H24N10O2/c1-16-3-4-19-18(31-16)13-20(36-19)23(35)25-7-8-34-22-17(14-30-34)21(28-15-29-22)32-9-11-33(12-10-32)24-26-5-2-6-27-24/h2-6,13-15H,7-12H2,1H3,(H,25,35). The maximum Gasteiger partial charge on any atom is 0.287 e. The van der Waals surface area contributed by atoms with E-state index in [4.69, 9.17) is 4.42 Å². The highest BCUT2D eigenvalue weighted by Gasteiger charge is 2.22. The molecule has 12 heteroatoms. The molecule has 36 heavy (non-hydrogen) atoms. The third-order valence-corrected chi connectivity index (χ3v) is 6.17. The van der Waals surface area contributed by atoms with Crippen LogP contribution >= 0.6 is 0 Å². The van der Waals surface area contributed by atoms with Crippen molar-refractivity contribution < 1.29 is 9.21 Å². The zero-order chi connectivity index (χ0) is 24.5. The summed E-state index contributed by atoms with van der Waals surface area (Å²) in [6, 6.07) is 7.14. The van der Waals surface area contributed by atoms with Crippen LogP contribution in [0.25, 0.3) is 22.1 Å². The molecule has 12 nitrogen and oxygen atoms in total. The second kappa shape index (κ2) is 9.21. The monoisotopic (exact) mass is 484 g/mol. The first kappa shape index (κ1) is 21.9. The minimum atomic E-state index is -0.294. The maximum absolute atomic E-state index is 12.6. The van der Waals surface area contributed by atoms with Crippen molar-refractivity contribution in [2.24, 2.45) is 0 Å². The number of furan rings is 1. The molecule has 1 aliphatic heterocycles. The number of aryl methyl sites for hydroxylation is 1. The Bertz CT molecular complexity index is 1520. The van der Waals surface area contributed by atoms with Gasteiger partial charge in [0.2, 0.25) is 5.95 Å². The van der Waals surface area contributed by atoms with Crippen LogP contribution in [0.4, 0.5) is 11.8 Å². The molecule has 0 atom stereocenters. The van der Waals surface area contributed by atoms with Crippen molar-refractivity contribution in [3.63, 3.8) is 0 Å². The molecular weight excluding hydrogens is 460 g/mol. The molecule has 1 aliphatic rings. The van der Waals surface area contributed by atoms with Crippen LogP contribution in [0.5, 0.6) is 0 Å². The summed E-state index contributed by atoms with van der Waals surface area (Å²) in [4.78, 5) is 39.0. The molecule has 1 fully saturated rings. The van der Waals surface area contributed by atoms with E-state index in [0.29, 0.717) is 24.2 Å². The lowest BCUT2D eigenvalue weighted by Crippen LogP contribution is -2.47. The lowest BCUT2D eigenvalue weighted by Gasteiger charge is -2.35. The Hall–Kier alpha value is -4.61. The van der Waals surface area contributed by atoms with E-state index in [2.05, 4.69) is 45.1 Å². The summed E-state index contributed by atoms with van der Waals surface area (Å²) in [6.45, 7) is 5.90. The molecule has 0 unspecified atom stereocenters. The summed E-state index contributed by atoms with van der Waals surface area (Å²) in [5, 5.41) is 8.26. The third kappa shape index (κ3) is 4.17. The molecule has 5 aromatic heterocycles. The third-order valence-electron chi connectivity index (χ3n) is 6.17. The van der Waals surface area contributed by atoms with Gasteiger partial charge in [-0.15, -0.1) is 0 Å². The normalized spacial score (nSPS) is 14.0. The van der Waals surface area contributed by atoms with E-state index in [9.17, 15) is 4.79 Å². The number of aromatic nitrogens is 7. The molecule has 0 aliphatic carbocycles. The Kier molecular flexibility index (Phi) is 5.60. The number of hydrogen-bond donors (Lipinski definition) is 1. The molecule has 0 spiro atoms. The van der Waals surface area contributed by atoms with E-state index < -0.39 is 0 Å². The van der Waals surface area contributed by atoms with Crippen LogP contribution in [0, 0.1) is 6.92 Å². The highest BCUT2D eigenvalue weighted by molar-refractivity contribution is 5.95. The smallest absolute Gasteiger partial charge is 0.287 e. The zero-order valence-electron chi connectivity index (χ0n) is 19.7.